The van der Waals surface area contributed by atoms with Crippen LogP contribution in [0.5, 0.6) is 0 Å². The predicted octanol–water partition coefficient (Wildman–Crippen LogP) is 13.4. The molecule has 0 bridgehead atoms. The zero-order valence-corrected chi connectivity index (χ0v) is 28.5. The van der Waals surface area contributed by atoms with Gasteiger partial charge in [0.15, 0.2) is 0 Å². The van der Waals surface area contributed by atoms with E-state index in [4.69, 9.17) is 0 Å². The number of hydrogen-bond donors (Lipinski definition) is 0. The molecule has 52 heavy (non-hydrogen) atoms. The first-order chi connectivity index (χ1) is 25.8. The van der Waals surface area contributed by atoms with E-state index in [1.807, 2.05) is 0 Å². The monoisotopic (exact) mass is 662 g/mol. The molecule has 0 spiro atoms. The third-order valence-corrected chi connectivity index (χ3v) is 10.3. The third-order valence-electron chi connectivity index (χ3n) is 10.3. The number of nitrogens with zero attached hydrogens (tertiary/aromatic N) is 2. The maximum atomic E-state index is 2.49. The molecule has 0 aliphatic carbocycles. The summed E-state index contributed by atoms with van der Waals surface area (Å²) in [4.78, 5) is 0. The summed E-state index contributed by atoms with van der Waals surface area (Å²) in [7, 11) is 0. The second-order valence-electron chi connectivity index (χ2n) is 13.4. The number of para-hydroxylation sites is 1. The van der Waals surface area contributed by atoms with Crippen molar-refractivity contribution in [3.8, 4) is 55.9 Å². The standard InChI is InChI=1S/C50H34N2/c1-5-15-35(16-6-1)39-31-40(36-17-7-2-8-18-36)33-42(32-39)52-49-27-25-38(44-24-14-13-23-43(44)37-19-9-3-10-20-37)34-47(49)45-26-28-48-46(50(45)52)29-30-51(48)41-21-11-4-12-22-41/h1-34H. The highest BCUT2D eigenvalue weighted by molar-refractivity contribution is 6.19. The van der Waals surface area contributed by atoms with Crippen molar-refractivity contribution < 1.29 is 0 Å². The van der Waals surface area contributed by atoms with Crippen molar-refractivity contribution >= 4 is 32.7 Å². The van der Waals surface area contributed by atoms with Gasteiger partial charge in [-0.15, -0.1) is 0 Å². The van der Waals surface area contributed by atoms with E-state index in [2.05, 4.69) is 216 Å². The van der Waals surface area contributed by atoms with E-state index in [-0.39, 0.29) is 0 Å². The van der Waals surface area contributed by atoms with Crippen molar-refractivity contribution in [3.63, 3.8) is 0 Å². The summed E-state index contributed by atoms with van der Waals surface area (Å²) < 4.78 is 4.79. The lowest BCUT2D eigenvalue weighted by Crippen LogP contribution is -1.97. The number of rotatable bonds is 6. The van der Waals surface area contributed by atoms with Gasteiger partial charge in [0.2, 0.25) is 0 Å². The molecule has 0 saturated heterocycles. The van der Waals surface area contributed by atoms with E-state index in [1.165, 1.54) is 77.2 Å². The summed E-state index contributed by atoms with van der Waals surface area (Å²) in [5.74, 6) is 0. The Balaban J connectivity index is 1.28. The highest BCUT2D eigenvalue weighted by atomic mass is 15.0. The van der Waals surface area contributed by atoms with E-state index in [1.54, 1.807) is 0 Å². The van der Waals surface area contributed by atoms with Gasteiger partial charge in [0.25, 0.3) is 0 Å². The Hall–Kier alpha value is -6.90. The van der Waals surface area contributed by atoms with E-state index in [9.17, 15) is 0 Å². The normalized spacial score (nSPS) is 11.5. The number of aromatic nitrogens is 2. The molecule has 0 aliphatic heterocycles. The average Bonchev–Trinajstić information content (AvgIpc) is 3.81. The minimum Gasteiger partial charge on any atom is -0.316 e. The SMILES string of the molecule is c1ccc(-c2cc(-c3ccccc3)cc(-n3c4ccc(-c5ccccc5-c5ccccc5)cc4c4ccc5c(ccn5-c5ccccc5)c43)c2)cc1. The number of hydrogen-bond acceptors (Lipinski definition) is 0. The predicted molar refractivity (Wildman–Crippen MR) is 219 cm³/mol. The zero-order chi connectivity index (χ0) is 34.4. The molecule has 0 aliphatic rings. The highest BCUT2D eigenvalue weighted by Gasteiger charge is 2.20. The summed E-state index contributed by atoms with van der Waals surface area (Å²) in [6, 6.07) is 72.5. The van der Waals surface area contributed by atoms with Crippen molar-refractivity contribution in [1.82, 2.24) is 9.13 Å². The molecule has 2 nitrogen and oxygen atoms in total. The Morgan fingerprint density at radius 3 is 1.46 bits per heavy atom. The van der Waals surface area contributed by atoms with Gasteiger partial charge in [-0.3, -0.25) is 0 Å². The van der Waals surface area contributed by atoms with Crippen LogP contribution in [0.15, 0.2) is 206 Å². The van der Waals surface area contributed by atoms with Gasteiger partial charge in [0.1, 0.15) is 0 Å². The Labute approximate surface area is 303 Å². The zero-order valence-electron chi connectivity index (χ0n) is 28.5. The van der Waals surface area contributed by atoms with Gasteiger partial charge in [-0.05, 0) is 99.1 Å². The topological polar surface area (TPSA) is 9.86 Å². The molecule has 0 fully saturated rings. The van der Waals surface area contributed by atoms with Crippen LogP contribution in [0.3, 0.4) is 0 Å². The van der Waals surface area contributed by atoms with E-state index in [0.717, 1.165) is 11.4 Å². The van der Waals surface area contributed by atoms with Crippen LogP contribution in [0, 0.1) is 0 Å². The molecule has 0 atom stereocenters. The van der Waals surface area contributed by atoms with Crippen molar-refractivity contribution in [2.75, 3.05) is 0 Å². The first-order valence-corrected chi connectivity index (χ1v) is 17.8. The Bertz CT molecular complexity index is 2810. The lowest BCUT2D eigenvalue weighted by molar-refractivity contribution is 1.13. The fourth-order valence-corrected chi connectivity index (χ4v) is 7.92. The Kier molecular flexibility index (Phi) is 7.18. The highest BCUT2D eigenvalue weighted by Crippen LogP contribution is 2.42. The molecular weight excluding hydrogens is 629 g/mol. The maximum Gasteiger partial charge on any atom is 0.0635 e. The fraction of sp³-hybridized carbons (Fsp3) is 0. The van der Waals surface area contributed by atoms with Crippen LogP contribution in [0.1, 0.15) is 0 Å². The molecule has 0 unspecified atom stereocenters. The van der Waals surface area contributed by atoms with Crippen LogP contribution in [0.2, 0.25) is 0 Å². The molecule has 8 aromatic carbocycles. The third kappa shape index (κ3) is 5.04. The van der Waals surface area contributed by atoms with Gasteiger partial charge in [0.05, 0.1) is 16.6 Å². The molecule has 0 N–H and O–H groups in total. The first-order valence-electron chi connectivity index (χ1n) is 17.8. The van der Waals surface area contributed by atoms with Gasteiger partial charge in [-0.2, -0.15) is 0 Å². The minimum absolute atomic E-state index is 1.14. The lowest BCUT2D eigenvalue weighted by Gasteiger charge is -2.15. The summed E-state index contributed by atoms with van der Waals surface area (Å²) in [6.07, 6.45) is 2.21. The van der Waals surface area contributed by atoms with Crippen LogP contribution < -0.4 is 0 Å². The number of benzene rings is 8. The number of fused-ring (bicyclic) bond motifs is 5. The van der Waals surface area contributed by atoms with Crippen molar-refractivity contribution in [1.29, 1.82) is 0 Å². The molecule has 244 valence electrons. The molecule has 2 heterocycles. The van der Waals surface area contributed by atoms with Crippen LogP contribution in [0.4, 0.5) is 0 Å². The molecular formula is C50H34N2. The molecule has 0 radical (unpaired) electrons. The summed E-state index contributed by atoms with van der Waals surface area (Å²) in [6.45, 7) is 0. The molecule has 0 amide bonds. The smallest absolute Gasteiger partial charge is 0.0635 e. The van der Waals surface area contributed by atoms with Crippen molar-refractivity contribution in [2.45, 2.75) is 0 Å². The van der Waals surface area contributed by atoms with Gasteiger partial charge >= 0.3 is 0 Å². The minimum atomic E-state index is 1.14. The summed E-state index contributed by atoms with van der Waals surface area (Å²) in [5.41, 5.74) is 15.5. The molecule has 2 heteroatoms. The van der Waals surface area contributed by atoms with E-state index in [0.29, 0.717) is 0 Å². The largest absolute Gasteiger partial charge is 0.316 e. The van der Waals surface area contributed by atoms with Crippen molar-refractivity contribution in [2.24, 2.45) is 0 Å². The molecule has 10 rings (SSSR count). The first kappa shape index (κ1) is 30.0. The Morgan fingerprint density at radius 1 is 0.288 bits per heavy atom. The van der Waals surface area contributed by atoms with Crippen LogP contribution in [-0.4, -0.2) is 9.13 Å². The Morgan fingerprint density at radius 2 is 0.827 bits per heavy atom. The van der Waals surface area contributed by atoms with Gasteiger partial charge < -0.3 is 9.13 Å². The lowest BCUT2D eigenvalue weighted by atomic mass is 9.94. The van der Waals surface area contributed by atoms with Gasteiger partial charge in [0, 0.05) is 33.7 Å². The molecule has 0 saturated carbocycles. The summed E-state index contributed by atoms with van der Waals surface area (Å²) >= 11 is 0. The maximum absolute atomic E-state index is 2.49. The quantitative estimate of drug-likeness (QED) is 0.168. The van der Waals surface area contributed by atoms with Crippen molar-refractivity contribution in [3.05, 3.63) is 206 Å². The van der Waals surface area contributed by atoms with Gasteiger partial charge in [-0.1, -0.05) is 146 Å². The average molecular weight is 663 g/mol. The van der Waals surface area contributed by atoms with Gasteiger partial charge in [-0.25, -0.2) is 0 Å². The molecule has 2 aromatic heterocycles. The van der Waals surface area contributed by atoms with Crippen LogP contribution >= 0.6 is 0 Å². The van der Waals surface area contributed by atoms with Crippen LogP contribution in [0.25, 0.3) is 88.6 Å². The summed E-state index contributed by atoms with van der Waals surface area (Å²) in [5, 5.41) is 3.69. The molecule has 10 aromatic rings. The van der Waals surface area contributed by atoms with E-state index < -0.39 is 0 Å². The fourth-order valence-electron chi connectivity index (χ4n) is 7.92. The van der Waals surface area contributed by atoms with Crippen LogP contribution in [-0.2, 0) is 0 Å². The van der Waals surface area contributed by atoms with E-state index >= 15 is 0 Å². The second-order valence-corrected chi connectivity index (χ2v) is 13.4. The second kappa shape index (κ2) is 12.5.